The lowest BCUT2D eigenvalue weighted by molar-refractivity contribution is -0.137. The number of aromatic nitrogens is 1. The highest BCUT2D eigenvalue weighted by atomic mass is 35.5. The summed E-state index contributed by atoms with van der Waals surface area (Å²) in [5.74, 6) is -0.650. The Morgan fingerprint density at radius 3 is 2.58 bits per heavy atom. The molecule has 0 unspecified atom stereocenters. The minimum Gasteiger partial charge on any atom is -0.489 e. The molecule has 26 heavy (non-hydrogen) atoms. The maximum absolute atomic E-state index is 12.9. The van der Waals surface area contributed by atoms with Gasteiger partial charge in [-0.05, 0) is 24.3 Å². The molecule has 1 aromatic heterocycles. The topological polar surface area (TPSA) is 60.5 Å². The van der Waals surface area contributed by atoms with Crippen LogP contribution in [0.3, 0.4) is 0 Å². The minimum absolute atomic E-state index is 0.00544. The van der Waals surface area contributed by atoms with Gasteiger partial charge >= 0.3 is 6.18 Å². The number of anilines is 1. The maximum atomic E-state index is 12.9. The number of rotatable bonds is 6. The second-order valence-electron chi connectivity index (χ2n) is 5.00. The maximum Gasteiger partial charge on any atom is 0.416 e. The summed E-state index contributed by atoms with van der Waals surface area (Å²) < 4.78 is 49.0. The zero-order valence-electron chi connectivity index (χ0n) is 13.4. The minimum atomic E-state index is -4.57. The lowest BCUT2D eigenvalue weighted by Crippen LogP contribution is -2.15. The van der Waals surface area contributed by atoms with Crippen molar-refractivity contribution in [3.05, 3.63) is 51.8 Å². The molecular weight excluding hydrogens is 396 g/mol. The van der Waals surface area contributed by atoms with Gasteiger partial charge in [-0.25, -0.2) is 4.98 Å². The van der Waals surface area contributed by atoms with E-state index in [1.807, 2.05) is 0 Å². The van der Waals surface area contributed by atoms with Crippen LogP contribution in [0.4, 0.5) is 18.9 Å². The second-order valence-corrected chi connectivity index (χ2v) is 5.77. The lowest BCUT2D eigenvalue weighted by atomic mass is 10.1. The van der Waals surface area contributed by atoms with E-state index in [0.29, 0.717) is 0 Å². The Kier molecular flexibility index (Phi) is 6.69. The first-order chi connectivity index (χ1) is 12.2. The van der Waals surface area contributed by atoms with Gasteiger partial charge in [0.1, 0.15) is 17.5 Å². The number of halogens is 5. The molecule has 0 bridgehead atoms. The van der Waals surface area contributed by atoms with Crippen LogP contribution >= 0.6 is 23.2 Å². The molecule has 0 atom stereocenters. The largest absolute Gasteiger partial charge is 0.489 e. The van der Waals surface area contributed by atoms with Crippen LogP contribution in [0.2, 0.25) is 10.2 Å². The Hall–Kier alpha value is -2.03. The Bertz CT molecular complexity index is 801. The molecule has 2 rings (SSSR count). The number of ether oxygens (including phenoxy) is 2. The normalized spacial score (nSPS) is 11.3. The molecule has 0 fully saturated rings. The first kappa shape index (κ1) is 20.3. The van der Waals surface area contributed by atoms with Crippen LogP contribution in [-0.2, 0) is 10.9 Å². The Morgan fingerprint density at radius 1 is 1.23 bits per heavy atom. The van der Waals surface area contributed by atoms with Crippen LogP contribution in [-0.4, -0.2) is 31.2 Å². The number of carbonyl (C=O) groups excluding carboxylic acids is 1. The van der Waals surface area contributed by atoms with Gasteiger partial charge in [0.15, 0.2) is 0 Å². The van der Waals surface area contributed by atoms with E-state index < -0.39 is 17.6 Å². The number of amides is 1. The Balaban J connectivity index is 2.31. The van der Waals surface area contributed by atoms with Gasteiger partial charge in [0.05, 0.1) is 28.4 Å². The summed E-state index contributed by atoms with van der Waals surface area (Å²) in [6, 6.07) is 4.02. The molecular formula is C16H13Cl2F3N2O3. The van der Waals surface area contributed by atoms with Crippen molar-refractivity contribution in [1.29, 1.82) is 0 Å². The van der Waals surface area contributed by atoms with E-state index in [1.54, 1.807) is 0 Å². The van der Waals surface area contributed by atoms with Gasteiger partial charge in [0.25, 0.3) is 5.91 Å². The Labute approximate surface area is 157 Å². The molecule has 140 valence electrons. The van der Waals surface area contributed by atoms with Crippen LogP contribution in [0.15, 0.2) is 30.5 Å². The van der Waals surface area contributed by atoms with Crippen LogP contribution in [0.25, 0.3) is 0 Å². The van der Waals surface area contributed by atoms with Crippen molar-refractivity contribution in [2.45, 2.75) is 6.18 Å². The first-order valence-corrected chi connectivity index (χ1v) is 7.93. The fraction of sp³-hybridized carbons (Fsp3) is 0.250. The van der Waals surface area contributed by atoms with Crippen LogP contribution in [0.1, 0.15) is 15.9 Å². The van der Waals surface area contributed by atoms with Gasteiger partial charge in [0, 0.05) is 13.3 Å². The summed E-state index contributed by atoms with van der Waals surface area (Å²) >= 11 is 11.5. The fourth-order valence-corrected chi connectivity index (χ4v) is 2.17. The van der Waals surface area contributed by atoms with E-state index in [1.165, 1.54) is 13.2 Å². The molecule has 2 aromatic rings. The zero-order valence-corrected chi connectivity index (χ0v) is 14.9. The van der Waals surface area contributed by atoms with E-state index in [4.69, 9.17) is 32.7 Å². The number of hydrogen-bond donors (Lipinski definition) is 1. The molecule has 0 aliphatic carbocycles. The third-order valence-electron chi connectivity index (χ3n) is 3.16. The van der Waals surface area contributed by atoms with E-state index in [2.05, 4.69) is 10.3 Å². The van der Waals surface area contributed by atoms with Crippen molar-refractivity contribution in [3.63, 3.8) is 0 Å². The molecule has 0 aliphatic rings. The summed E-state index contributed by atoms with van der Waals surface area (Å²) in [5.41, 5.74) is -1.05. The van der Waals surface area contributed by atoms with E-state index in [9.17, 15) is 18.0 Å². The summed E-state index contributed by atoms with van der Waals surface area (Å²) in [6.07, 6.45) is -3.42. The highest BCUT2D eigenvalue weighted by Gasteiger charge is 2.31. The SMILES string of the molecule is COCCOc1ccc(C(F)(F)F)cc1NC(=O)c1cnc(Cl)c(Cl)c1. The first-order valence-electron chi connectivity index (χ1n) is 7.17. The van der Waals surface area contributed by atoms with Gasteiger partial charge in [-0.3, -0.25) is 4.79 Å². The van der Waals surface area contributed by atoms with Gasteiger partial charge in [-0.1, -0.05) is 23.2 Å². The lowest BCUT2D eigenvalue weighted by Gasteiger charge is -2.15. The summed E-state index contributed by atoms with van der Waals surface area (Å²) in [5, 5.41) is 2.41. The number of carbonyl (C=O) groups is 1. The molecule has 5 nitrogen and oxygen atoms in total. The quantitative estimate of drug-likeness (QED) is 0.556. The molecule has 0 spiro atoms. The predicted octanol–water partition coefficient (Wildman–Crippen LogP) is 4.68. The number of methoxy groups -OCH3 is 1. The van der Waals surface area contributed by atoms with Crippen molar-refractivity contribution in [3.8, 4) is 5.75 Å². The van der Waals surface area contributed by atoms with Crippen molar-refractivity contribution >= 4 is 34.8 Å². The number of nitrogens with zero attached hydrogens (tertiary/aromatic N) is 1. The Morgan fingerprint density at radius 2 is 1.96 bits per heavy atom. The number of pyridine rings is 1. The number of hydrogen-bond acceptors (Lipinski definition) is 4. The molecule has 1 aromatic carbocycles. The summed E-state index contributed by atoms with van der Waals surface area (Å²) in [7, 11) is 1.45. The fourth-order valence-electron chi connectivity index (χ4n) is 1.90. The van der Waals surface area contributed by atoms with Gasteiger partial charge in [-0.2, -0.15) is 13.2 Å². The average Bonchev–Trinajstić information content (AvgIpc) is 2.57. The monoisotopic (exact) mass is 408 g/mol. The van der Waals surface area contributed by atoms with E-state index in [0.717, 1.165) is 24.4 Å². The summed E-state index contributed by atoms with van der Waals surface area (Å²) in [6.45, 7) is 0.324. The molecule has 0 saturated heterocycles. The highest BCUT2D eigenvalue weighted by Crippen LogP contribution is 2.35. The molecule has 1 heterocycles. The molecule has 1 N–H and O–H groups in total. The molecule has 0 radical (unpaired) electrons. The number of benzene rings is 1. The van der Waals surface area contributed by atoms with Crippen molar-refractivity contribution < 1.29 is 27.4 Å². The standard InChI is InChI=1S/C16H13Cl2F3N2O3/c1-25-4-5-26-13-3-2-10(16(19,20)21)7-12(13)23-15(24)9-6-11(17)14(18)22-8-9/h2-3,6-8H,4-5H2,1H3,(H,23,24). The molecule has 10 heteroatoms. The number of alkyl halides is 3. The van der Waals surface area contributed by atoms with Crippen LogP contribution < -0.4 is 10.1 Å². The van der Waals surface area contributed by atoms with Crippen molar-refractivity contribution in [2.24, 2.45) is 0 Å². The third-order valence-corrected chi connectivity index (χ3v) is 3.84. The molecule has 0 saturated carbocycles. The highest BCUT2D eigenvalue weighted by molar-refractivity contribution is 6.41. The van der Waals surface area contributed by atoms with Gasteiger partial charge < -0.3 is 14.8 Å². The van der Waals surface area contributed by atoms with Crippen LogP contribution in [0, 0.1) is 0 Å². The smallest absolute Gasteiger partial charge is 0.416 e. The number of nitrogens with one attached hydrogen (secondary N) is 1. The predicted molar refractivity (Wildman–Crippen MR) is 91.0 cm³/mol. The van der Waals surface area contributed by atoms with Gasteiger partial charge in [-0.15, -0.1) is 0 Å². The second kappa shape index (κ2) is 8.57. The average molecular weight is 409 g/mol. The van der Waals surface area contributed by atoms with Crippen molar-refractivity contribution in [2.75, 3.05) is 25.6 Å². The van der Waals surface area contributed by atoms with Crippen molar-refractivity contribution in [1.82, 2.24) is 4.98 Å². The molecule has 1 amide bonds. The van der Waals surface area contributed by atoms with Crippen LogP contribution in [0.5, 0.6) is 5.75 Å². The van der Waals surface area contributed by atoms with E-state index in [-0.39, 0.29) is 40.4 Å². The molecule has 0 aliphatic heterocycles. The van der Waals surface area contributed by atoms with Gasteiger partial charge in [0.2, 0.25) is 0 Å². The zero-order chi connectivity index (χ0) is 19.3. The summed E-state index contributed by atoms with van der Waals surface area (Å²) in [4.78, 5) is 16.0. The third kappa shape index (κ3) is 5.23. The van der Waals surface area contributed by atoms with E-state index >= 15 is 0 Å².